The van der Waals surface area contributed by atoms with Crippen molar-refractivity contribution >= 4 is 31.5 Å². The van der Waals surface area contributed by atoms with Crippen LogP contribution in [0, 0.1) is 0 Å². The van der Waals surface area contributed by atoms with E-state index in [9.17, 15) is 21.6 Å². The van der Waals surface area contributed by atoms with Gasteiger partial charge in [-0.25, -0.2) is 16.8 Å². The summed E-state index contributed by atoms with van der Waals surface area (Å²) in [5.74, 6) is 0.225. The molecule has 0 radical (unpaired) electrons. The summed E-state index contributed by atoms with van der Waals surface area (Å²) in [4.78, 5) is 13.1. The van der Waals surface area contributed by atoms with E-state index >= 15 is 0 Å². The van der Waals surface area contributed by atoms with Crippen LogP contribution in [-0.4, -0.2) is 55.5 Å². The quantitative estimate of drug-likeness (QED) is 0.579. The number of hydrogen-bond acceptors (Lipinski definition) is 7. The number of nitrogens with one attached hydrogen (secondary N) is 1. The normalized spacial score (nSPS) is 13.7. The largest absolute Gasteiger partial charge is 0.493 e. The number of carbonyl (C=O) groups excluding carboxylic acids is 1. The minimum Gasteiger partial charge on any atom is -0.493 e. The second-order valence-electron chi connectivity index (χ2n) is 7.35. The van der Waals surface area contributed by atoms with Crippen LogP contribution >= 0.6 is 0 Å². The summed E-state index contributed by atoms with van der Waals surface area (Å²) in [5.41, 5.74) is 0.924. The molecule has 0 aliphatic carbocycles. The first kappa shape index (κ1) is 25.5. The van der Waals surface area contributed by atoms with Gasteiger partial charge in [0.15, 0.2) is 21.3 Å². The third-order valence-electron chi connectivity index (χ3n) is 4.88. The number of benzene rings is 2. The van der Waals surface area contributed by atoms with Crippen LogP contribution in [0.15, 0.2) is 47.4 Å². The van der Waals surface area contributed by atoms with Gasteiger partial charge in [-0.05, 0) is 43.7 Å². The van der Waals surface area contributed by atoms with Crippen molar-refractivity contribution in [3.05, 3.63) is 48.0 Å². The second kappa shape index (κ2) is 9.78. The fraction of sp³-hybridized carbons (Fsp3) is 0.381. The summed E-state index contributed by atoms with van der Waals surface area (Å²) in [7, 11) is -4.26. The predicted octanol–water partition coefficient (Wildman–Crippen LogP) is 2.14. The summed E-state index contributed by atoms with van der Waals surface area (Å²) >= 11 is 0. The molecule has 0 spiro atoms. The lowest BCUT2D eigenvalue weighted by atomic mass is 10.1. The van der Waals surface area contributed by atoms with E-state index in [1.807, 2.05) is 0 Å². The number of ether oxygens (including phenoxy) is 2. The number of rotatable bonds is 9. The van der Waals surface area contributed by atoms with Crippen molar-refractivity contribution in [2.75, 3.05) is 31.0 Å². The highest BCUT2D eigenvalue weighted by molar-refractivity contribution is 7.92. The molecule has 0 aliphatic rings. The van der Waals surface area contributed by atoms with Gasteiger partial charge >= 0.3 is 0 Å². The minimum absolute atomic E-state index is 0.171. The summed E-state index contributed by atoms with van der Waals surface area (Å²) in [5, 5.41) is 2.78. The highest BCUT2D eigenvalue weighted by atomic mass is 32.2. The Kier molecular flexibility index (Phi) is 7.79. The van der Waals surface area contributed by atoms with Gasteiger partial charge in [0.25, 0.3) is 0 Å². The fourth-order valence-corrected chi connectivity index (χ4v) is 4.99. The number of methoxy groups -OCH3 is 2. The smallest absolute Gasteiger partial charge is 0.244 e. The SMILES string of the molecule is COc1ccc(N(C(C)C(=O)NC(C)c2ccc(S(C)(=O)=O)cc2)S(C)(=O)=O)cc1OC. The van der Waals surface area contributed by atoms with E-state index < -0.39 is 37.9 Å². The van der Waals surface area contributed by atoms with E-state index in [2.05, 4.69) is 5.32 Å². The number of amides is 1. The van der Waals surface area contributed by atoms with Crippen LogP contribution in [-0.2, 0) is 24.7 Å². The average molecular weight is 485 g/mol. The van der Waals surface area contributed by atoms with Gasteiger partial charge in [0.05, 0.1) is 37.1 Å². The third-order valence-corrected chi connectivity index (χ3v) is 7.25. The average Bonchev–Trinajstić information content (AvgIpc) is 2.72. The van der Waals surface area contributed by atoms with Crippen molar-refractivity contribution < 1.29 is 31.1 Å². The van der Waals surface area contributed by atoms with E-state index in [1.165, 1.54) is 45.4 Å². The van der Waals surface area contributed by atoms with Crippen molar-refractivity contribution in [3.8, 4) is 11.5 Å². The molecular weight excluding hydrogens is 456 g/mol. The molecule has 9 nitrogen and oxygen atoms in total. The lowest BCUT2D eigenvalue weighted by Gasteiger charge is -2.29. The van der Waals surface area contributed by atoms with Crippen LogP contribution in [0.3, 0.4) is 0 Å². The van der Waals surface area contributed by atoms with Crippen molar-refractivity contribution in [1.29, 1.82) is 0 Å². The number of anilines is 1. The Hall–Kier alpha value is -2.79. The molecule has 0 bridgehead atoms. The molecule has 0 aromatic heterocycles. The van der Waals surface area contributed by atoms with Gasteiger partial charge in [-0.2, -0.15) is 0 Å². The van der Waals surface area contributed by atoms with Crippen molar-refractivity contribution in [1.82, 2.24) is 5.32 Å². The van der Waals surface area contributed by atoms with Gasteiger partial charge in [0.1, 0.15) is 6.04 Å². The second-order valence-corrected chi connectivity index (χ2v) is 11.2. The van der Waals surface area contributed by atoms with E-state index in [0.29, 0.717) is 17.1 Å². The van der Waals surface area contributed by atoms with Gasteiger partial charge in [0.2, 0.25) is 15.9 Å². The standard InChI is InChI=1S/C21H28N2O7S2/c1-14(16-7-10-18(11-8-16)31(5,25)26)22-21(24)15(2)23(32(6,27)28)17-9-12-19(29-3)20(13-17)30-4/h7-15H,1-6H3,(H,22,24). The molecule has 0 saturated carbocycles. The van der Waals surface area contributed by atoms with Gasteiger partial charge in [-0.15, -0.1) is 0 Å². The molecule has 0 saturated heterocycles. The molecule has 2 aromatic rings. The Morgan fingerprint density at radius 2 is 1.47 bits per heavy atom. The van der Waals surface area contributed by atoms with Gasteiger partial charge < -0.3 is 14.8 Å². The fourth-order valence-electron chi connectivity index (χ4n) is 3.19. The molecule has 1 N–H and O–H groups in total. The number of sulfonamides is 1. The molecule has 2 unspecified atom stereocenters. The lowest BCUT2D eigenvalue weighted by molar-refractivity contribution is -0.122. The number of nitrogens with zero attached hydrogens (tertiary/aromatic N) is 1. The van der Waals surface area contributed by atoms with Crippen LogP contribution in [0.5, 0.6) is 11.5 Å². The summed E-state index contributed by atoms with van der Waals surface area (Å²) in [6.07, 6.45) is 2.13. The molecule has 2 aromatic carbocycles. The van der Waals surface area contributed by atoms with E-state index in [4.69, 9.17) is 9.47 Å². The van der Waals surface area contributed by atoms with Gasteiger partial charge in [0, 0.05) is 12.3 Å². The van der Waals surface area contributed by atoms with Crippen LogP contribution in [0.2, 0.25) is 0 Å². The van der Waals surface area contributed by atoms with Gasteiger partial charge in [-0.3, -0.25) is 9.10 Å². The molecule has 0 aliphatic heterocycles. The Bertz CT molecular complexity index is 1180. The monoisotopic (exact) mass is 484 g/mol. The molecule has 32 heavy (non-hydrogen) atoms. The summed E-state index contributed by atoms with van der Waals surface area (Å²) < 4.78 is 59.8. The topological polar surface area (TPSA) is 119 Å². The highest BCUT2D eigenvalue weighted by Crippen LogP contribution is 2.33. The van der Waals surface area contributed by atoms with E-state index in [-0.39, 0.29) is 10.6 Å². The maximum atomic E-state index is 12.9. The minimum atomic E-state index is -3.82. The van der Waals surface area contributed by atoms with Crippen molar-refractivity contribution in [2.45, 2.75) is 30.8 Å². The van der Waals surface area contributed by atoms with Crippen molar-refractivity contribution in [2.24, 2.45) is 0 Å². The van der Waals surface area contributed by atoms with Crippen LogP contribution in [0.4, 0.5) is 5.69 Å². The molecule has 0 heterocycles. The molecule has 11 heteroatoms. The predicted molar refractivity (Wildman–Crippen MR) is 122 cm³/mol. The van der Waals surface area contributed by atoms with Crippen LogP contribution in [0.1, 0.15) is 25.5 Å². The Morgan fingerprint density at radius 3 is 1.94 bits per heavy atom. The van der Waals surface area contributed by atoms with E-state index in [0.717, 1.165) is 16.8 Å². The zero-order valence-corrected chi connectivity index (χ0v) is 20.5. The molecular formula is C21H28N2O7S2. The van der Waals surface area contributed by atoms with Crippen LogP contribution in [0.25, 0.3) is 0 Å². The molecule has 176 valence electrons. The molecule has 1 amide bonds. The maximum absolute atomic E-state index is 12.9. The Labute approximate surface area is 189 Å². The first-order valence-corrected chi connectivity index (χ1v) is 13.4. The summed E-state index contributed by atoms with van der Waals surface area (Å²) in [6, 6.07) is 9.15. The maximum Gasteiger partial charge on any atom is 0.244 e. The Morgan fingerprint density at radius 1 is 0.906 bits per heavy atom. The first-order chi connectivity index (χ1) is 14.8. The number of sulfone groups is 1. The van der Waals surface area contributed by atoms with Crippen molar-refractivity contribution in [3.63, 3.8) is 0 Å². The number of hydrogen-bond donors (Lipinski definition) is 1. The van der Waals surface area contributed by atoms with Crippen LogP contribution < -0.4 is 19.1 Å². The molecule has 2 atom stereocenters. The molecule has 2 rings (SSSR count). The zero-order valence-electron chi connectivity index (χ0n) is 18.8. The zero-order chi connectivity index (χ0) is 24.3. The third kappa shape index (κ3) is 5.92. The Balaban J connectivity index is 2.29. The number of carbonyl (C=O) groups is 1. The highest BCUT2D eigenvalue weighted by Gasteiger charge is 2.30. The molecule has 0 fully saturated rings. The first-order valence-electron chi connectivity index (χ1n) is 9.61. The lowest BCUT2D eigenvalue weighted by Crippen LogP contribution is -2.48. The van der Waals surface area contributed by atoms with E-state index in [1.54, 1.807) is 25.1 Å². The summed E-state index contributed by atoms with van der Waals surface area (Å²) in [6.45, 7) is 3.20. The van der Waals surface area contributed by atoms with Gasteiger partial charge in [-0.1, -0.05) is 12.1 Å².